The Kier molecular flexibility index (Phi) is 4.78. The molecule has 0 unspecified atom stereocenters. The number of phenols is 2. The molecule has 0 amide bonds. The molecule has 0 bridgehead atoms. The average Bonchev–Trinajstić information content (AvgIpc) is 2.54. The summed E-state index contributed by atoms with van der Waals surface area (Å²) in [7, 11) is 4.67. The van der Waals surface area contributed by atoms with Crippen LogP contribution >= 0.6 is 0 Å². The summed E-state index contributed by atoms with van der Waals surface area (Å²) in [6, 6.07) is 8.24. The van der Waals surface area contributed by atoms with Gasteiger partial charge in [0.1, 0.15) is 0 Å². The van der Waals surface area contributed by atoms with Gasteiger partial charge in [-0.25, -0.2) is 0 Å². The van der Waals surface area contributed by atoms with Gasteiger partial charge in [-0.05, 0) is 35.4 Å². The molecule has 0 aliphatic rings. The summed E-state index contributed by atoms with van der Waals surface area (Å²) in [5.41, 5.74) is 1.60. The number of aromatic hydroxyl groups is 2. The SMILES string of the molecule is COc1cc(/C=C/c2ccc(O)c(O)c2)cc(OC)c1OC. The third-order valence-corrected chi connectivity index (χ3v) is 3.15. The molecule has 0 fully saturated rings. The van der Waals surface area contributed by atoms with Crippen molar-refractivity contribution in [3.05, 3.63) is 41.5 Å². The molecular formula is C17H18O5. The summed E-state index contributed by atoms with van der Waals surface area (Å²) < 4.78 is 15.9. The van der Waals surface area contributed by atoms with Gasteiger partial charge in [0.25, 0.3) is 0 Å². The van der Waals surface area contributed by atoms with Gasteiger partial charge in [0.05, 0.1) is 21.3 Å². The molecule has 2 aromatic carbocycles. The normalized spacial score (nSPS) is 10.7. The van der Waals surface area contributed by atoms with Gasteiger partial charge in [0, 0.05) is 0 Å². The number of hydrogen-bond donors (Lipinski definition) is 2. The lowest BCUT2D eigenvalue weighted by atomic mass is 10.1. The van der Waals surface area contributed by atoms with Crippen molar-refractivity contribution in [2.45, 2.75) is 0 Å². The fourth-order valence-corrected chi connectivity index (χ4v) is 2.03. The second-order valence-corrected chi connectivity index (χ2v) is 4.54. The highest BCUT2D eigenvalue weighted by atomic mass is 16.5. The van der Waals surface area contributed by atoms with E-state index in [0.29, 0.717) is 17.2 Å². The lowest BCUT2D eigenvalue weighted by molar-refractivity contribution is 0.324. The minimum Gasteiger partial charge on any atom is -0.504 e. The number of benzene rings is 2. The Bertz CT molecular complexity index is 666. The molecule has 5 heteroatoms. The molecule has 0 spiro atoms. The molecule has 116 valence electrons. The maximum atomic E-state index is 9.49. The van der Waals surface area contributed by atoms with Crippen molar-refractivity contribution < 1.29 is 24.4 Å². The number of ether oxygens (including phenoxy) is 3. The van der Waals surface area contributed by atoms with Crippen molar-refractivity contribution in [3.8, 4) is 28.7 Å². The standard InChI is InChI=1S/C17H18O5/c1-20-15-9-12(10-16(21-2)17(15)22-3)5-4-11-6-7-13(18)14(19)8-11/h4-10,18-19H,1-3H3/b5-4+. The van der Waals surface area contributed by atoms with Crippen LogP contribution in [0.4, 0.5) is 0 Å². The predicted molar refractivity (Wildman–Crippen MR) is 84.8 cm³/mol. The van der Waals surface area contributed by atoms with Crippen LogP contribution in [-0.2, 0) is 0 Å². The van der Waals surface area contributed by atoms with E-state index in [2.05, 4.69) is 0 Å². The smallest absolute Gasteiger partial charge is 0.203 e. The Labute approximate surface area is 129 Å². The molecule has 0 radical (unpaired) electrons. The van der Waals surface area contributed by atoms with Crippen molar-refractivity contribution in [2.24, 2.45) is 0 Å². The van der Waals surface area contributed by atoms with Crippen LogP contribution in [0.25, 0.3) is 12.2 Å². The Morgan fingerprint density at radius 1 is 0.727 bits per heavy atom. The van der Waals surface area contributed by atoms with E-state index in [1.54, 1.807) is 33.5 Å². The molecule has 0 saturated heterocycles. The Morgan fingerprint density at radius 2 is 1.32 bits per heavy atom. The van der Waals surface area contributed by atoms with Crippen LogP contribution in [0.5, 0.6) is 28.7 Å². The lowest BCUT2D eigenvalue weighted by Crippen LogP contribution is -1.95. The zero-order chi connectivity index (χ0) is 16.1. The number of rotatable bonds is 5. The highest BCUT2D eigenvalue weighted by molar-refractivity contribution is 5.73. The van der Waals surface area contributed by atoms with Crippen LogP contribution in [0, 0.1) is 0 Å². The third-order valence-electron chi connectivity index (χ3n) is 3.15. The lowest BCUT2D eigenvalue weighted by Gasteiger charge is -2.12. The highest BCUT2D eigenvalue weighted by Crippen LogP contribution is 2.38. The minimum atomic E-state index is -0.160. The summed E-state index contributed by atoms with van der Waals surface area (Å²) in [6.45, 7) is 0. The molecular weight excluding hydrogens is 284 g/mol. The average molecular weight is 302 g/mol. The molecule has 0 saturated carbocycles. The van der Waals surface area contributed by atoms with Gasteiger partial charge in [-0.15, -0.1) is 0 Å². The Balaban J connectivity index is 2.36. The first kappa shape index (κ1) is 15.6. The Hall–Kier alpha value is -2.82. The van der Waals surface area contributed by atoms with Gasteiger partial charge in [-0.3, -0.25) is 0 Å². The van der Waals surface area contributed by atoms with Gasteiger partial charge in [0.15, 0.2) is 23.0 Å². The molecule has 0 aliphatic heterocycles. The van der Waals surface area contributed by atoms with Crippen molar-refractivity contribution in [1.82, 2.24) is 0 Å². The van der Waals surface area contributed by atoms with E-state index < -0.39 is 0 Å². The van der Waals surface area contributed by atoms with Crippen LogP contribution in [0.3, 0.4) is 0 Å². The summed E-state index contributed by atoms with van der Waals surface area (Å²) in [4.78, 5) is 0. The van der Waals surface area contributed by atoms with E-state index in [9.17, 15) is 10.2 Å². The first-order valence-corrected chi connectivity index (χ1v) is 6.59. The zero-order valence-electron chi connectivity index (χ0n) is 12.7. The largest absolute Gasteiger partial charge is 0.504 e. The van der Waals surface area contributed by atoms with E-state index in [4.69, 9.17) is 14.2 Å². The fourth-order valence-electron chi connectivity index (χ4n) is 2.03. The first-order chi connectivity index (χ1) is 10.6. The van der Waals surface area contributed by atoms with E-state index in [-0.39, 0.29) is 11.5 Å². The molecule has 0 atom stereocenters. The van der Waals surface area contributed by atoms with Crippen molar-refractivity contribution in [2.75, 3.05) is 21.3 Å². The second-order valence-electron chi connectivity index (χ2n) is 4.54. The third kappa shape index (κ3) is 3.25. The topological polar surface area (TPSA) is 68.2 Å². The van der Waals surface area contributed by atoms with Gasteiger partial charge >= 0.3 is 0 Å². The fraction of sp³-hybridized carbons (Fsp3) is 0.176. The molecule has 2 N–H and O–H groups in total. The first-order valence-electron chi connectivity index (χ1n) is 6.59. The van der Waals surface area contributed by atoms with Crippen molar-refractivity contribution in [1.29, 1.82) is 0 Å². The second kappa shape index (κ2) is 6.76. The molecule has 2 aromatic rings. The van der Waals surface area contributed by atoms with E-state index >= 15 is 0 Å². The number of hydrogen-bond acceptors (Lipinski definition) is 5. The maximum Gasteiger partial charge on any atom is 0.203 e. The molecule has 0 heterocycles. The number of methoxy groups -OCH3 is 3. The maximum absolute atomic E-state index is 9.49. The molecule has 0 aliphatic carbocycles. The molecule has 2 rings (SSSR count). The van der Waals surface area contributed by atoms with Crippen molar-refractivity contribution >= 4 is 12.2 Å². The van der Waals surface area contributed by atoms with Gasteiger partial charge in [0.2, 0.25) is 5.75 Å². The predicted octanol–water partition coefficient (Wildman–Crippen LogP) is 3.29. The minimum absolute atomic E-state index is 0.148. The van der Waals surface area contributed by atoms with Crippen LogP contribution < -0.4 is 14.2 Å². The summed E-state index contributed by atoms with van der Waals surface area (Å²) in [5, 5.41) is 18.8. The van der Waals surface area contributed by atoms with E-state index in [1.807, 2.05) is 18.2 Å². The van der Waals surface area contributed by atoms with E-state index in [1.165, 1.54) is 12.1 Å². The van der Waals surface area contributed by atoms with Gasteiger partial charge < -0.3 is 24.4 Å². The van der Waals surface area contributed by atoms with Crippen molar-refractivity contribution in [3.63, 3.8) is 0 Å². The van der Waals surface area contributed by atoms with E-state index in [0.717, 1.165) is 11.1 Å². The Morgan fingerprint density at radius 3 is 1.82 bits per heavy atom. The van der Waals surface area contributed by atoms with Gasteiger partial charge in [-0.2, -0.15) is 0 Å². The summed E-state index contributed by atoms with van der Waals surface area (Å²) in [5.74, 6) is 1.35. The van der Waals surface area contributed by atoms with Gasteiger partial charge in [-0.1, -0.05) is 18.2 Å². The highest BCUT2D eigenvalue weighted by Gasteiger charge is 2.11. The van der Waals surface area contributed by atoms with Crippen LogP contribution in [0.1, 0.15) is 11.1 Å². The monoisotopic (exact) mass is 302 g/mol. The van der Waals surface area contributed by atoms with Crippen LogP contribution in [0.2, 0.25) is 0 Å². The quantitative estimate of drug-likeness (QED) is 0.655. The molecule has 0 aromatic heterocycles. The summed E-state index contributed by atoms with van der Waals surface area (Å²) >= 11 is 0. The summed E-state index contributed by atoms with van der Waals surface area (Å²) in [6.07, 6.45) is 3.65. The zero-order valence-corrected chi connectivity index (χ0v) is 12.7. The molecule has 5 nitrogen and oxygen atoms in total. The molecule has 22 heavy (non-hydrogen) atoms. The number of phenolic OH excluding ortho intramolecular Hbond substituents is 2. The van der Waals surface area contributed by atoms with Crippen LogP contribution in [-0.4, -0.2) is 31.5 Å². The van der Waals surface area contributed by atoms with Crippen LogP contribution in [0.15, 0.2) is 30.3 Å².